The zero-order chi connectivity index (χ0) is 14.7. The molecule has 0 bridgehead atoms. The van der Waals surface area contributed by atoms with Crippen LogP contribution in [0.5, 0.6) is 0 Å². The molecule has 5 heteroatoms. The van der Waals surface area contributed by atoms with Crippen molar-refractivity contribution in [3.63, 3.8) is 0 Å². The Kier molecular flexibility index (Phi) is 5.20. The lowest BCUT2D eigenvalue weighted by molar-refractivity contribution is -0.138. The lowest BCUT2D eigenvalue weighted by atomic mass is 9.97. The molecular weight excluding hydrogens is 272 g/mol. The fourth-order valence-electron chi connectivity index (χ4n) is 2.54. The van der Waals surface area contributed by atoms with E-state index in [1.54, 1.807) is 0 Å². The van der Waals surface area contributed by atoms with Crippen LogP contribution in [-0.4, -0.2) is 33.6 Å². The highest BCUT2D eigenvalue weighted by Gasteiger charge is 2.51. The molecule has 0 aromatic heterocycles. The van der Waals surface area contributed by atoms with Gasteiger partial charge in [-0.25, -0.2) is 4.79 Å². The molecule has 0 spiro atoms. The Bertz CT molecular complexity index is 353. The van der Waals surface area contributed by atoms with Gasteiger partial charge in [0.15, 0.2) is 7.83 Å². The number of esters is 1. The van der Waals surface area contributed by atoms with Crippen LogP contribution in [0.2, 0.25) is 32.2 Å². The fraction of sp³-hybridized carbons (Fsp3) is 0.786. The van der Waals surface area contributed by atoms with Gasteiger partial charge in [-0.2, -0.15) is 0 Å². The second-order valence-electron chi connectivity index (χ2n) is 6.92. The first kappa shape index (κ1) is 16.7. The number of carbonyl (C=O) groups excluding carboxylic acids is 1. The summed E-state index contributed by atoms with van der Waals surface area (Å²) in [5.41, 5.74) is -0.0151. The van der Waals surface area contributed by atoms with Crippen molar-refractivity contribution in [2.45, 2.75) is 64.0 Å². The molecule has 1 heterocycles. The number of carbonyl (C=O) groups is 1. The molecule has 0 aromatic carbocycles. The fourth-order valence-corrected chi connectivity index (χ4v) is 9.75. The minimum absolute atomic E-state index is 0.0151. The van der Waals surface area contributed by atoms with Gasteiger partial charge in [-0.05, 0) is 39.3 Å². The first-order valence-electron chi connectivity index (χ1n) is 7.11. The van der Waals surface area contributed by atoms with Gasteiger partial charge in [-0.15, -0.1) is 0 Å². The van der Waals surface area contributed by atoms with Crippen LogP contribution >= 0.6 is 0 Å². The van der Waals surface area contributed by atoms with Crippen LogP contribution in [0.4, 0.5) is 0 Å². The minimum Gasteiger partial charge on any atom is -0.463 e. The maximum Gasteiger partial charge on any atom is 0.330 e. The van der Waals surface area contributed by atoms with E-state index in [0.29, 0.717) is 6.61 Å². The predicted octanol–water partition coefficient (Wildman–Crippen LogP) is 3.67. The molecule has 1 unspecified atom stereocenters. The van der Waals surface area contributed by atoms with Crippen molar-refractivity contribution in [2.24, 2.45) is 0 Å². The Hall–Kier alpha value is -0.396. The van der Waals surface area contributed by atoms with E-state index in [1.807, 2.05) is 0 Å². The first-order valence-corrected chi connectivity index (χ1v) is 14.2. The van der Waals surface area contributed by atoms with Crippen molar-refractivity contribution < 1.29 is 14.0 Å². The lowest BCUT2D eigenvalue weighted by Crippen LogP contribution is -2.64. The molecule has 3 nitrogen and oxygen atoms in total. The highest BCUT2D eigenvalue weighted by molar-refractivity contribution is 7.38. The Morgan fingerprint density at radius 3 is 2.58 bits per heavy atom. The van der Waals surface area contributed by atoms with Gasteiger partial charge >= 0.3 is 5.97 Å². The molecule has 1 atom stereocenters. The second kappa shape index (κ2) is 5.93. The minimum atomic E-state index is -1.53. The molecule has 110 valence electrons. The third-order valence-electron chi connectivity index (χ3n) is 4.67. The van der Waals surface area contributed by atoms with Gasteiger partial charge in [0.2, 0.25) is 0 Å². The second-order valence-corrected chi connectivity index (χ2v) is 22.1. The van der Waals surface area contributed by atoms with Gasteiger partial charge < -0.3 is 9.16 Å². The van der Waals surface area contributed by atoms with E-state index in [1.165, 1.54) is 12.1 Å². The molecular formula is C14H28O3Si2. The number of rotatable bonds is 5. The van der Waals surface area contributed by atoms with Crippen LogP contribution < -0.4 is 0 Å². The molecule has 0 saturated carbocycles. The summed E-state index contributed by atoms with van der Waals surface area (Å²) < 4.78 is 11.6. The maximum atomic E-state index is 11.0. The van der Waals surface area contributed by atoms with Crippen LogP contribution in [0.3, 0.4) is 0 Å². The number of hydrogen-bond acceptors (Lipinski definition) is 3. The van der Waals surface area contributed by atoms with Gasteiger partial charge in [0.05, 0.1) is 19.8 Å². The van der Waals surface area contributed by atoms with Gasteiger partial charge in [-0.1, -0.05) is 25.7 Å². The summed E-state index contributed by atoms with van der Waals surface area (Å²) in [5.74, 6) is -0.335. The van der Waals surface area contributed by atoms with Crippen molar-refractivity contribution in [3.05, 3.63) is 12.7 Å². The zero-order valence-corrected chi connectivity index (χ0v) is 15.0. The Balaban J connectivity index is 2.46. The van der Waals surface area contributed by atoms with E-state index in [2.05, 4.69) is 39.7 Å². The molecule has 1 fully saturated rings. The molecule has 0 amide bonds. The SMILES string of the molecule is C=CC(=O)OCCCC1(C)CC[Si](C)(C)[Si](C)(C)O1. The van der Waals surface area contributed by atoms with Crippen LogP contribution in [0.15, 0.2) is 12.7 Å². The molecule has 1 rings (SSSR count). The lowest BCUT2D eigenvalue weighted by Gasteiger charge is -2.51. The largest absolute Gasteiger partial charge is 0.463 e. The summed E-state index contributed by atoms with van der Waals surface area (Å²) in [6.07, 6.45) is 4.20. The third-order valence-corrected chi connectivity index (χ3v) is 21.3. The Labute approximate surface area is 119 Å². The van der Waals surface area contributed by atoms with Gasteiger partial charge in [-0.3, -0.25) is 0 Å². The topological polar surface area (TPSA) is 35.5 Å². The van der Waals surface area contributed by atoms with Crippen molar-refractivity contribution in [3.8, 4) is 0 Å². The molecule has 19 heavy (non-hydrogen) atoms. The van der Waals surface area contributed by atoms with Gasteiger partial charge in [0.25, 0.3) is 0 Å². The molecule has 1 aliphatic rings. The van der Waals surface area contributed by atoms with Crippen LogP contribution in [0, 0.1) is 0 Å². The van der Waals surface area contributed by atoms with Crippen molar-refractivity contribution in [1.82, 2.24) is 0 Å². The quantitative estimate of drug-likeness (QED) is 0.336. The van der Waals surface area contributed by atoms with Crippen molar-refractivity contribution in [1.29, 1.82) is 0 Å². The van der Waals surface area contributed by atoms with E-state index in [-0.39, 0.29) is 11.6 Å². The van der Waals surface area contributed by atoms with Crippen LogP contribution in [0.1, 0.15) is 26.2 Å². The Morgan fingerprint density at radius 2 is 2.05 bits per heavy atom. The average Bonchev–Trinajstić information content (AvgIpc) is 2.30. The summed E-state index contributed by atoms with van der Waals surface area (Å²) in [4.78, 5) is 11.0. The molecule has 0 radical (unpaired) electrons. The van der Waals surface area contributed by atoms with E-state index in [0.717, 1.165) is 19.3 Å². The third kappa shape index (κ3) is 4.29. The summed E-state index contributed by atoms with van der Waals surface area (Å²) in [7, 11) is -2.69. The predicted molar refractivity (Wildman–Crippen MR) is 84.3 cm³/mol. The normalized spacial score (nSPS) is 28.7. The van der Waals surface area contributed by atoms with E-state index in [4.69, 9.17) is 9.16 Å². The monoisotopic (exact) mass is 300 g/mol. The molecule has 0 aliphatic carbocycles. The van der Waals surface area contributed by atoms with Crippen LogP contribution in [0.25, 0.3) is 0 Å². The zero-order valence-electron chi connectivity index (χ0n) is 13.0. The van der Waals surface area contributed by atoms with E-state index in [9.17, 15) is 4.79 Å². The van der Waals surface area contributed by atoms with Crippen molar-refractivity contribution in [2.75, 3.05) is 6.61 Å². The Morgan fingerprint density at radius 1 is 1.42 bits per heavy atom. The van der Waals surface area contributed by atoms with Crippen LogP contribution in [-0.2, 0) is 14.0 Å². The highest BCUT2D eigenvalue weighted by Crippen LogP contribution is 2.40. The highest BCUT2D eigenvalue weighted by atomic mass is 29.3. The molecule has 0 N–H and O–H groups in total. The van der Waals surface area contributed by atoms with E-state index >= 15 is 0 Å². The summed E-state index contributed by atoms with van der Waals surface area (Å²) in [6.45, 7) is 15.7. The van der Waals surface area contributed by atoms with Crippen molar-refractivity contribution >= 4 is 21.4 Å². The number of ether oxygens (including phenoxy) is 1. The summed E-state index contributed by atoms with van der Waals surface area (Å²) in [6, 6.07) is 1.36. The van der Waals surface area contributed by atoms with Gasteiger partial charge in [0, 0.05) is 6.08 Å². The van der Waals surface area contributed by atoms with Gasteiger partial charge in [0.1, 0.15) is 0 Å². The summed E-state index contributed by atoms with van der Waals surface area (Å²) >= 11 is 0. The molecule has 0 aromatic rings. The molecule has 1 saturated heterocycles. The maximum absolute atomic E-state index is 11.0. The van der Waals surface area contributed by atoms with E-state index < -0.39 is 15.4 Å². The first-order chi connectivity index (χ1) is 8.62. The summed E-state index contributed by atoms with van der Waals surface area (Å²) in [5, 5.41) is 0. The molecule has 1 aliphatic heterocycles. The smallest absolute Gasteiger partial charge is 0.330 e. The average molecular weight is 301 g/mol. The number of hydrogen-bond donors (Lipinski definition) is 0. The standard InChI is InChI=1S/C14H28O3Si2/c1-7-13(15)16-11-8-9-14(2)10-12-18(3,4)19(5,6)17-14/h7H,1,8-12H2,2-6H3.